The lowest BCUT2D eigenvalue weighted by molar-refractivity contribution is -0.385. The molecule has 0 unspecified atom stereocenters. The summed E-state index contributed by atoms with van der Waals surface area (Å²) in [5, 5.41) is 11.3. The number of carbonyl (C=O) groups excluding carboxylic acids is 3. The fourth-order valence-electron chi connectivity index (χ4n) is 2.41. The van der Waals surface area contributed by atoms with E-state index in [0.717, 1.165) is 18.2 Å². The van der Waals surface area contributed by atoms with Gasteiger partial charge in [-0.1, -0.05) is 6.07 Å². The van der Waals surface area contributed by atoms with Gasteiger partial charge < -0.3 is 4.74 Å². The third-order valence-electron chi connectivity index (χ3n) is 3.58. The molecular weight excluding hydrogens is 368 g/mol. The number of nitro groups is 1. The molecule has 11 heteroatoms. The predicted octanol–water partition coefficient (Wildman–Crippen LogP) is 1.58. The zero-order chi connectivity index (χ0) is 19.7. The summed E-state index contributed by atoms with van der Waals surface area (Å²) in [5.74, 6) is -5.33. The van der Waals surface area contributed by atoms with Gasteiger partial charge in [-0.05, 0) is 18.2 Å². The highest BCUT2D eigenvalue weighted by Crippen LogP contribution is 2.29. The number of rotatable bonds is 5. The van der Waals surface area contributed by atoms with Crippen LogP contribution in [0, 0.1) is 21.7 Å². The summed E-state index contributed by atoms with van der Waals surface area (Å²) < 4.78 is 31.1. The first-order valence-corrected chi connectivity index (χ1v) is 7.33. The van der Waals surface area contributed by atoms with E-state index in [0.29, 0.717) is 11.1 Å². The normalized spacial score (nSPS) is 12.7. The van der Waals surface area contributed by atoms with Crippen LogP contribution >= 0.6 is 0 Å². The Morgan fingerprint density at radius 3 is 2.59 bits per heavy atom. The minimum Gasteiger partial charge on any atom is -0.481 e. The Morgan fingerprint density at radius 1 is 1.19 bits per heavy atom. The number of hydrazine groups is 1. The van der Waals surface area contributed by atoms with Crippen LogP contribution in [0.2, 0.25) is 0 Å². The lowest BCUT2D eigenvalue weighted by atomic mass is 10.1. The van der Waals surface area contributed by atoms with Gasteiger partial charge in [0.25, 0.3) is 23.4 Å². The van der Waals surface area contributed by atoms with Crippen molar-refractivity contribution in [1.29, 1.82) is 0 Å². The van der Waals surface area contributed by atoms with Crippen molar-refractivity contribution in [3.63, 3.8) is 0 Å². The number of fused-ring (bicyclic) bond motifs is 1. The average Bonchev–Trinajstić information content (AvgIpc) is 2.86. The lowest BCUT2D eigenvalue weighted by Crippen LogP contribution is -2.47. The number of nitrogens with one attached hydrogen (secondary N) is 1. The Bertz CT molecular complexity index is 994. The molecule has 0 aromatic heterocycles. The zero-order valence-corrected chi connectivity index (χ0v) is 13.3. The smallest absolute Gasteiger partial charge is 0.287 e. The number of ether oxygens (including phenoxy) is 1. The summed E-state index contributed by atoms with van der Waals surface area (Å²) in [6, 6.07) is 5.92. The molecular formula is C16H9F2N3O6. The number of amides is 3. The maximum atomic E-state index is 13.4. The van der Waals surface area contributed by atoms with Crippen LogP contribution < -0.4 is 10.2 Å². The van der Waals surface area contributed by atoms with E-state index in [-0.39, 0.29) is 5.56 Å². The van der Waals surface area contributed by atoms with Crippen LogP contribution in [-0.4, -0.2) is 34.3 Å². The van der Waals surface area contributed by atoms with E-state index in [4.69, 9.17) is 4.74 Å². The van der Waals surface area contributed by atoms with Crippen molar-refractivity contribution in [2.45, 2.75) is 0 Å². The molecule has 138 valence electrons. The lowest BCUT2D eigenvalue weighted by Gasteiger charge is -2.15. The number of nitro benzene ring substituents is 1. The number of hydrogen-bond donors (Lipinski definition) is 1. The molecule has 3 amide bonds. The highest BCUT2D eigenvalue weighted by Gasteiger charge is 2.42. The Labute approximate surface area is 149 Å². The van der Waals surface area contributed by atoms with Crippen LogP contribution in [0.1, 0.15) is 20.7 Å². The fourth-order valence-corrected chi connectivity index (χ4v) is 2.41. The van der Waals surface area contributed by atoms with Crippen molar-refractivity contribution >= 4 is 23.4 Å². The molecule has 1 N–H and O–H groups in total. The second kappa shape index (κ2) is 6.78. The molecule has 0 fully saturated rings. The zero-order valence-electron chi connectivity index (χ0n) is 13.3. The number of nitrogens with zero attached hydrogens (tertiary/aromatic N) is 2. The molecule has 0 bridgehead atoms. The van der Waals surface area contributed by atoms with Gasteiger partial charge in [-0.15, -0.1) is 0 Å². The molecule has 9 nitrogen and oxygen atoms in total. The summed E-state index contributed by atoms with van der Waals surface area (Å²) in [7, 11) is 0. The Hall–Kier alpha value is -3.89. The van der Waals surface area contributed by atoms with Crippen molar-refractivity contribution < 1.29 is 32.8 Å². The van der Waals surface area contributed by atoms with Gasteiger partial charge in [0.2, 0.25) is 0 Å². The average molecular weight is 377 g/mol. The SMILES string of the molecule is O=C(COc1ccc(F)cc1F)NN1C(=O)c2cccc([N+](=O)[O-])c2C1=O. The number of imide groups is 1. The molecule has 1 heterocycles. The third-order valence-corrected chi connectivity index (χ3v) is 3.58. The minimum atomic E-state index is -1.08. The summed E-state index contributed by atoms with van der Waals surface area (Å²) in [4.78, 5) is 46.6. The van der Waals surface area contributed by atoms with Crippen molar-refractivity contribution in [2.75, 3.05) is 6.61 Å². The molecule has 27 heavy (non-hydrogen) atoms. The molecule has 2 aromatic rings. The number of hydrogen-bond acceptors (Lipinski definition) is 6. The van der Waals surface area contributed by atoms with Crippen LogP contribution in [0.3, 0.4) is 0 Å². The Balaban J connectivity index is 1.72. The first-order valence-electron chi connectivity index (χ1n) is 7.33. The van der Waals surface area contributed by atoms with Crippen LogP contribution in [0.4, 0.5) is 14.5 Å². The number of benzene rings is 2. The number of carbonyl (C=O) groups is 3. The maximum absolute atomic E-state index is 13.4. The van der Waals surface area contributed by atoms with Crippen molar-refractivity contribution in [3.05, 3.63) is 69.3 Å². The largest absolute Gasteiger partial charge is 0.481 e. The van der Waals surface area contributed by atoms with Gasteiger partial charge in [-0.25, -0.2) is 8.78 Å². The van der Waals surface area contributed by atoms with Gasteiger partial charge in [0, 0.05) is 12.1 Å². The van der Waals surface area contributed by atoms with E-state index in [2.05, 4.69) is 0 Å². The van der Waals surface area contributed by atoms with Gasteiger partial charge in [0.1, 0.15) is 11.4 Å². The van der Waals surface area contributed by atoms with Crippen LogP contribution in [0.15, 0.2) is 36.4 Å². The topological polar surface area (TPSA) is 119 Å². The van der Waals surface area contributed by atoms with Crippen LogP contribution in [0.25, 0.3) is 0 Å². The molecule has 0 aliphatic carbocycles. The standard InChI is InChI=1S/C16H9F2N3O6/c17-8-4-5-12(10(18)6-8)27-7-13(22)19-20-15(23)9-2-1-3-11(21(25)26)14(9)16(20)24/h1-6H,7H2,(H,19,22). The first-order chi connectivity index (χ1) is 12.8. The number of halogens is 2. The molecule has 0 saturated carbocycles. The molecule has 0 spiro atoms. The summed E-state index contributed by atoms with van der Waals surface area (Å²) >= 11 is 0. The second-order valence-electron chi connectivity index (χ2n) is 5.30. The molecule has 0 radical (unpaired) electrons. The van der Waals surface area contributed by atoms with Crippen molar-refractivity contribution in [3.8, 4) is 5.75 Å². The van der Waals surface area contributed by atoms with E-state index in [1.165, 1.54) is 12.1 Å². The van der Waals surface area contributed by atoms with Gasteiger partial charge in [-0.3, -0.25) is 29.9 Å². The summed E-state index contributed by atoms with van der Waals surface area (Å²) in [6.07, 6.45) is 0. The molecule has 0 atom stereocenters. The van der Waals surface area contributed by atoms with Gasteiger partial charge >= 0.3 is 0 Å². The van der Waals surface area contributed by atoms with Crippen molar-refractivity contribution in [2.24, 2.45) is 0 Å². The fraction of sp³-hybridized carbons (Fsp3) is 0.0625. The molecule has 3 rings (SSSR count). The van der Waals surface area contributed by atoms with E-state index >= 15 is 0 Å². The second-order valence-corrected chi connectivity index (χ2v) is 5.30. The predicted molar refractivity (Wildman–Crippen MR) is 83.6 cm³/mol. The minimum absolute atomic E-state index is 0.236. The summed E-state index contributed by atoms with van der Waals surface area (Å²) in [6.45, 7) is -0.794. The highest BCUT2D eigenvalue weighted by atomic mass is 19.1. The monoisotopic (exact) mass is 377 g/mol. The van der Waals surface area contributed by atoms with E-state index < -0.39 is 57.9 Å². The van der Waals surface area contributed by atoms with Crippen molar-refractivity contribution in [1.82, 2.24) is 10.4 Å². The van der Waals surface area contributed by atoms with Crippen LogP contribution in [0.5, 0.6) is 5.75 Å². The Kier molecular flexibility index (Phi) is 4.50. The van der Waals surface area contributed by atoms with E-state index in [1.54, 1.807) is 0 Å². The highest BCUT2D eigenvalue weighted by molar-refractivity contribution is 6.23. The summed E-state index contributed by atoms with van der Waals surface area (Å²) in [5.41, 5.74) is 0.685. The molecule has 1 aliphatic heterocycles. The van der Waals surface area contributed by atoms with E-state index in [9.17, 15) is 33.3 Å². The van der Waals surface area contributed by atoms with Crippen LogP contribution in [-0.2, 0) is 4.79 Å². The quantitative estimate of drug-likeness (QED) is 0.480. The molecule has 2 aromatic carbocycles. The Morgan fingerprint density at radius 2 is 1.93 bits per heavy atom. The van der Waals surface area contributed by atoms with E-state index in [1.807, 2.05) is 5.43 Å². The third kappa shape index (κ3) is 3.29. The van der Waals surface area contributed by atoms with Gasteiger partial charge in [-0.2, -0.15) is 5.01 Å². The first kappa shape index (κ1) is 17.9. The maximum Gasteiger partial charge on any atom is 0.287 e. The van der Waals surface area contributed by atoms with Gasteiger partial charge in [0.05, 0.1) is 10.5 Å². The molecule has 0 saturated heterocycles. The molecule has 1 aliphatic rings. The van der Waals surface area contributed by atoms with Gasteiger partial charge in [0.15, 0.2) is 18.2 Å².